The Morgan fingerprint density at radius 3 is 1.37 bits per heavy atom. The number of halogens is 12. The van der Waals surface area contributed by atoms with E-state index in [1.54, 1.807) is 122 Å². The summed E-state index contributed by atoms with van der Waals surface area (Å²) in [6.07, 6.45) is -5.73. The third-order valence-corrected chi connectivity index (χ3v) is 19.1. The number of aryl methyl sites for hydroxylation is 2. The molecule has 5 unspecified atom stereocenters. The summed E-state index contributed by atoms with van der Waals surface area (Å²) in [5.41, 5.74) is 7.90. The zero-order valence-electron chi connectivity index (χ0n) is 66.5. The number of pyridine rings is 1. The summed E-state index contributed by atoms with van der Waals surface area (Å²) in [6.45, 7) is 26.1. The Labute approximate surface area is 659 Å². The van der Waals surface area contributed by atoms with Crippen LogP contribution in [0.2, 0.25) is 5.02 Å². The molecule has 0 spiro atoms. The van der Waals surface area contributed by atoms with Gasteiger partial charge in [0.15, 0.2) is 17.3 Å². The van der Waals surface area contributed by atoms with Gasteiger partial charge < -0.3 is 50.1 Å². The van der Waals surface area contributed by atoms with Gasteiger partial charge in [0.1, 0.15) is 46.1 Å². The molecule has 1 aromatic carbocycles. The predicted octanol–water partition coefficient (Wildman–Crippen LogP) is 14.9. The van der Waals surface area contributed by atoms with Crippen molar-refractivity contribution in [3.8, 4) is 17.5 Å². The van der Waals surface area contributed by atoms with Crippen LogP contribution in [0.15, 0.2) is 53.8 Å². The number of fused-ring (bicyclic) bond motifs is 1. The van der Waals surface area contributed by atoms with E-state index in [-0.39, 0.29) is 97.6 Å². The van der Waals surface area contributed by atoms with Crippen molar-refractivity contribution in [1.82, 2.24) is 43.4 Å². The van der Waals surface area contributed by atoms with Gasteiger partial charge in [0.2, 0.25) is 5.91 Å². The fourth-order valence-corrected chi connectivity index (χ4v) is 13.4. The summed E-state index contributed by atoms with van der Waals surface area (Å²) in [5.74, 6) is -17.8. The Kier molecular flexibility index (Phi) is 31.1. The first kappa shape index (κ1) is 95.8. The molecule has 0 aliphatic carbocycles. The molecular formula is C74H102ClF11N12O15S. The second kappa shape index (κ2) is 37.0. The Bertz CT molecular complexity index is 4150. The minimum absolute atomic E-state index is 0.00806. The second-order valence-corrected chi connectivity index (χ2v) is 35.3. The number of carboxylic acids is 1. The number of benzene rings is 1. The van der Waals surface area contributed by atoms with Crippen LogP contribution < -0.4 is 11.5 Å². The Morgan fingerprint density at radius 2 is 0.947 bits per heavy atom. The molecule has 0 radical (unpaired) electrons. The molecule has 5 atom stereocenters. The number of nitriles is 1. The molecular weight excluding hydrogens is 1570 g/mol. The topological polar surface area (TPSA) is 356 Å². The quantitative estimate of drug-likeness (QED) is 0.103. The molecule has 114 heavy (non-hydrogen) atoms. The molecule has 0 saturated carbocycles. The number of carbonyl (C=O) groups is 7. The molecule has 0 bridgehead atoms. The summed E-state index contributed by atoms with van der Waals surface area (Å²) < 4.78 is 203. The average molecular weight is 1680 g/mol. The van der Waals surface area contributed by atoms with Crippen LogP contribution in [0.1, 0.15) is 186 Å². The maximum absolute atomic E-state index is 15.0. The maximum Gasteiger partial charge on any atom is 0.411 e. The van der Waals surface area contributed by atoms with Gasteiger partial charge in [-0.1, -0.05) is 29.3 Å². The van der Waals surface area contributed by atoms with E-state index in [4.69, 9.17) is 57.1 Å². The van der Waals surface area contributed by atoms with Crippen LogP contribution in [-0.2, 0) is 49.7 Å². The molecule has 8 heterocycles. The molecule has 5 saturated heterocycles. The van der Waals surface area contributed by atoms with Gasteiger partial charge in [-0.3, -0.25) is 19.5 Å². The monoisotopic (exact) mass is 1670 g/mol. The van der Waals surface area contributed by atoms with Gasteiger partial charge in [-0.25, -0.2) is 104 Å². The lowest BCUT2D eigenvalue weighted by molar-refractivity contribution is -0.152. The van der Waals surface area contributed by atoms with Crippen molar-refractivity contribution in [2.45, 2.75) is 281 Å². The van der Waals surface area contributed by atoms with Gasteiger partial charge in [0, 0.05) is 133 Å². The number of ether oxygens (including phenoxy) is 5. The number of primary amides is 1. The van der Waals surface area contributed by atoms with Crippen LogP contribution in [-0.4, -0.2) is 226 Å². The Hall–Kier alpha value is -8.80. The Morgan fingerprint density at radius 1 is 0.570 bits per heavy atom. The van der Waals surface area contributed by atoms with Crippen LogP contribution in [0, 0.1) is 24.1 Å². The minimum atomic E-state index is -4.10. The highest BCUT2D eigenvalue weighted by Gasteiger charge is 2.50. The summed E-state index contributed by atoms with van der Waals surface area (Å²) in [4.78, 5) is 100. The van der Waals surface area contributed by atoms with Crippen LogP contribution in [0.3, 0.4) is 0 Å². The maximum atomic E-state index is 15.0. The molecule has 27 nitrogen and oxygen atoms in total. The smallest absolute Gasteiger partial charge is 0.411 e. The van der Waals surface area contributed by atoms with E-state index < -0.39 is 197 Å². The van der Waals surface area contributed by atoms with E-state index in [0.29, 0.717) is 5.39 Å². The van der Waals surface area contributed by atoms with Crippen LogP contribution in [0.4, 0.5) is 72.3 Å². The van der Waals surface area contributed by atoms with Crippen molar-refractivity contribution < 1.29 is 119 Å². The predicted molar refractivity (Wildman–Crippen MR) is 394 cm³/mol. The Balaban J connectivity index is 0.000000278. The molecule has 9 rings (SSSR count). The zero-order chi connectivity index (χ0) is 86.8. The molecule has 5 aliphatic rings. The fourth-order valence-electron chi connectivity index (χ4n) is 11.9. The number of nitrogens with zero attached hydrogens (tertiary/aromatic N) is 10. The summed E-state index contributed by atoms with van der Waals surface area (Å²) in [7, 11) is -4.10. The van der Waals surface area contributed by atoms with Crippen molar-refractivity contribution in [3.05, 3.63) is 71.0 Å². The minimum Gasteiger partial charge on any atom is -0.480 e. The van der Waals surface area contributed by atoms with Gasteiger partial charge in [-0.15, -0.1) is 0 Å². The fraction of sp³-hybridized carbons (Fsp3) is 0.662. The van der Waals surface area contributed by atoms with Gasteiger partial charge in [-0.2, -0.15) is 5.26 Å². The third kappa shape index (κ3) is 29.2. The number of amides is 6. The lowest BCUT2D eigenvalue weighted by Crippen LogP contribution is -2.56. The van der Waals surface area contributed by atoms with E-state index in [1.807, 2.05) is 6.92 Å². The van der Waals surface area contributed by atoms with Gasteiger partial charge in [-0.05, 0) is 142 Å². The van der Waals surface area contributed by atoms with Crippen molar-refractivity contribution in [1.29, 1.82) is 5.26 Å². The third-order valence-electron chi connectivity index (χ3n) is 17.3. The number of carbonyl (C=O) groups excluding carboxylic acids is 6. The summed E-state index contributed by atoms with van der Waals surface area (Å²) in [5, 5.41) is 18.3. The standard InChI is InChI=1S/C30H31ClF3N5O4S.C11H18F2N2O3.C11H20F2N2O2.C11H16F2N2O2.C11H17F2NO4/c1-18-5-8-21(9-6-18)44(41,42)39-17-23(22-13-19(31)15-36-27(22)39)26-35-16-24(32)25(37-26)10-7-20-14-30(33,34)11-12-38(20)28(40)43-29(2,3)4;1-10(2,3)18-9(17)15-5-4-11(12,13)6-7(15)8(14)16;2*1-10(2,3)17-9(16)15-5-4-11(12,13)6-8(15)7-14;1-10(2,3)18-9(17)14-5-4-11(12,13)6-7(14)8(15)16/h5-6,8-9,13,15-17,20H,7,10-12,14H2,1-4H3;7H,4-6H2,1-3H3,(H2,14,16);8H,4-7,14H2,1-3H3;8H,4-6H2,1-3H3;7H,4-6H2,1-3H3,(H,15,16). The van der Waals surface area contributed by atoms with Crippen molar-refractivity contribution >= 4 is 75.0 Å². The number of aliphatic carboxylic acids is 1. The SMILES string of the molecule is CC(C)(C)OC(=O)N1CCC(F)(F)CC1C#N.CC(C)(C)OC(=O)N1CCC(F)(F)CC1C(=O)O.CC(C)(C)OC(=O)N1CCC(F)(F)CC1C(N)=O.CC(C)(C)OC(=O)N1CCC(F)(F)CC1CN.Cc1ccc(S(=O)(=O)n2cc(-c3ncc(F)c(CCC4CC(F)(F)CCN4C(=O)OC(C)(C)C)n3)c3cc(Cl)cnc32)cc1. The number of rotatable bonds is 9. The normalized spacial score (nSPS) is 21.3. The molecule has 5 aliphatic heterocycles. The van der Waals surface area contributed by atoms with E-state index in [2.05, 4.69) is 15.0 Å². The molecule has 4 aromatic rings. The van der Waals surface area contributed by atoms with Gasteiger partial charge >= 0.3 is 36.4 Å². The highest BCUT2D eigenvalue weighted by atomic mass is 35.5. The molecule has 3 aromatic heterocycles. The first-order valence-corrected chi connectivity index (χ1v) is 38.2. The van der Waals surface area contributed by atoms with E-state index in [0.717, 1.165) is 30.4 Å². The van der Waals surface area contributed by atoms with Gasteiger partial charge in [0.05, 0.1) is 33.9 Å². The van der Waals surface area contributed by atoms with E-state index in [1.165, 1.54) is 40.4 Å². The van der Waals surface area contributed by atoms with E-state index >= 15 is 0 Å². The lowest BCUT2D eigenvalue weighted by Gasteiger charge is -2.39. The molecule has 6 amide bonds. The molecule has 40 heteroatoms. The highest BCUT2D eigenvalue weighted by molar-refractivity contribution is 7.90. The number of nitrogens with two attached hydrogens (primary N) is 2. The van der Waals surface area contributed by atoms with Gasteiger partial charge in [0.25, 0.3) is 39.6 Å². The van der Waals surface area contributed by atoms with Crippen LogP contribution >= 0.6 is 11.6 Å². The van der Waals surface area contributed by atoms with Crippen LogP contribution in [0.5, 0.6) is 0 Å². The number of hydrogen-bond acceptors (Lipinski definition) is 19. The van der Waals surface area contributed by atoms with Crippen LogP contribution in [0.25, 0.3) is 22.4 Å². The number of alkyl halides is 10. The number of likely N-dealkylation sites (tertiary alicyclic amines) is 5. The summed E-state index contributed by atoms with van der Waals surface area (Å²) in [6, 6.07) is 4.00. The lowest BCUT2D eigenvalue weighted by atomic mass is 9.94. The second-order valence-electron chi connectivity index (χ2n) is 33.1. The summed E-state index contributed by atoms with van der Waals surface area (Å²) >= 11 is 6.20. The number of carboxylic acid groups (broad SMARTS) is 1. The van der Waals surface area contributed by atoms with Crippen molar-refractivity contribution in [2.24, 2.45) is 11.5 Å². The molecule has 638 valence electrons. The van der Waals surface area contributed by atoms with Crippen molar-refractivity contribution in [3.63, 3.8) is 0 Å². The first-order valence-electron chi connectivity index (χ1n) is 36.4. The van der Waals surface area contributed by atoms with E-state index in [9.17, 15) is 90.3 Å². The number of aromatic nitrogens is 4. The molecule has 5 fully saturated rings. The zero-order valence-corrected chi connectivity index (χ0v) is 68.0. The highest BCUT2D eigenvalue weighted by Crippen LogP contribution is 2.40. The molecule has 5 N–H and O–H groups in total. The largest absolute Gasteiger partial charge is 0.480 e. The number of hydrogen-bond donors (Lipinski definition) is 3. The first-order chi connectivity index (χ1) is 51.9. The average Bonchev–Trinajstić information content (AvgIpc) is 1.59. The van der Waals surface area contributed by atoms with Crippen molar-refractivity contribution in [2.75, 3.05) is 39.3 Å². The number of piperidine rings is 5.